The van der Waals surface area contributed by atoms with E-state index in [2.05, 4.69) is 0 Å². The molecule has 0 heterocycles. The Balaban J connectivity index is 2.80. The molecule has 0 aromatic rings. The maximum absolute atomic E-state index is 9.44. The van der Waals surface area contributed by atoms with E-state index in [0.29, 0.717) is 0 Å². The smallest absolute Gasteiger partial charge is 0.126 e. The van der Waals surface area contributed by atoms with Crippen molar-refractivity contribution in [3.63, 3.8) is 0 Å². The van der Waals surface area contributed by atoms with Crippen LogP contribution in [0.5, 0.6) is 0 Å². The monoisotopic (exact) mass is 59.0 g/mol. The lowest BCUT2D eigenvalue weighted by molar-refractivity contribution is -0.114. The molecule has 0 unspecified atom stereocenters. The van der Waals surface area contributed by atoms with Gasteiger partial charge in [0.05, 0.1) is 0 Å². The van der Waals surface area contributed by atoms with Crippen LogP contribution in [-0.4, -0.2) is 5.78 Å². The van der Waals surface area contributed by atoms with Crippen LogP contribution in [0.1, 0.15) is 13.8 Å². The molecule has 0 spiro atoms. The zero-order chi connectivity index (χ0) is 3.58. The quantitative estimate of drug-likeness (QED) is 0.399. The van der Waals surface area contributed by atoms with Crippen LogP contribution in [0.2, 0.25) is 0 Å². The van der Waals surface area contributed by atoms with E-state index in [1.54, 1.807) is 0 Å². The van der Waals surface area contributed by atoms with Gasteiger partial charge in [-0.05, 0) is 13.8 Å². The molecule has 0 aliphatic carbocycles. The van der Waals surface area contributed by atoms with Crippen LogP contribution in [0.4, 0.5) is 0 Å². The number of Topliss-reactive ketones (excluding diaryl/α,β-unsaturated/α-hetero) is 1. The fourth-order valence-corrected chi connectivity index (χ4v) is 0. The SMILES string of the molecule is CC(C)=[17O]. The first-order chi connectivity index (χ1) is 1.73. The number of hydrogen-bond acceptors (Lipinski definition) is 1. The summed E-state index contributed by atoms with van der Waals surface area (Å²) in [4.78, 5) is 9.44. The van der Waals surface area contributed by atoms with E-state index in [4.69, 9.17) is 0 Å². The summed E-state index contributed by atoms with van der Waals surface area (Å²) in [5.41, 5.74) is 0. The van der Waals surface area contributed by atoms with Crippen LogP contribution in [0.15, 0.2) is 0 Å². The molecule has 0 bridgehead atoms. The van der Waals surface area contributed by atoms with Crippen molar-refractivity contribution >= 4 is 5.78 Å². The van der Waals surface area contributed by atoms with E-state index in [-0.39, 0.29) is 5.78 Å². The third kappa shape index (κ3) is 6.88. The second kappa shape index (κ2) is 1.04. The molecule has 1 heteroatoms. The molecule has 0 saturated heterocycles. The standard InChI is InChI=1S/C3H6O/c1-3(2)4/h1-2H3/i4+1. The topological polar surface area (TPSA) is 17.1 Å². The molecule has 0 rings (SSSR count). The third-order valence-electron chi connectivity index (χ3n) is 0. The fourth-order valence-electron chi connectivity index (χ4n) is 0. The van der Waals surface area contributed by atoms with Gasteiger partial charge in [0.2, 0.25) is 0 Å². The van der Waals surface area contributed by atoms with Crippen LogP contribution < -0.4 is 0 Å². The lowest BCUT2D eigenvalue weighted by Gasteiger charge is -1.56. The average Bonchev–Trinajstić information content (AvgIpc) is 0.811. The second-order valence-electron chi connectivity index (χ2n) is 0.908. The number of carbonyl (C=O) groups excluding carboxylic acids is 1. The van der Waals surface area contributed by atoms with Crippen LogP contribution in [0, 0.1) is 0 Å². The summed E-state index contributed by atoms with van der Waals surface area (Å²) in [5, 5.41) is 0. The molecule has 4 heavy (non-hydrogen) atoms. The van der Waals surface area contributed by atoms with Crippen molar-refractivity contribution in [1.82, 2.24) is 0 Å². The first-order valence-corrected chi connectivity index (χ1v) is 1.20. The van der Waals surface area contributed by atoms with Crippen LogP contribution >= 0.6 is 0 Å². The maximum atomic E-state index is 9.44. The fraction of sp³-hybridized carbons (Fsp3) is 0.667. The van der Waals surface area contributed by atoms with Crippen molar-refractivity contribution in [1.29, 1.82) is 0 Å². The highest BCUT2D eigenvalue weighted by molar-refractivity contribution is 5.72. The summed E-state index contributed by atoms with van der Waals surface area (Å²) in [7, 11) is 0. The number of ketones is 1. The van der Waals surface area contributed by atoms with Gasteiger partial charge >= 0.3 is 0 Å². The first-order valence-electron chi connectivity index (χ1n) is 1.20. The zero-order valence-corrected chi connectivity index (χ0v) is 2.91. The Hall–Kier alpha value is -0.330. The van der Waals surface area contributed by atoms with Crippen molar-refractivity contribution in [3.8, 4) is 0 Å². The molecule has 0 aliphatic rings. The first kappa shape index (κ1) is 3.67. The van der Waals surface area contributed by atoms with E-state index < -0.39 is 0 Å². The molecule has 0 aromatic heterocycles. The van der Waals surface area contributed by atoms with Gasteiger partial charge in [0.25, 0.3) is 0 Å². The lowest BCUT2D eigenvalue weighted by atomic mass is 10.6. The van der Waals surface area contributed by atoms with E-state index in [9.17, 15) is 4.79 Å². The third-order valence-corrected chi connectivity index (χ3v) is 0. The van der Waals surface area contributed by atoms with Crippen LogP contribution in [-0.2, 0) is 4.79 Å². The molecule has 1 nitrogen and oxygen atoms in total. The highest BCUT2D eigenvalue weighted by Gasteiger charge is 1.62. The lowest BCUT2D eigenvalue weighted by Crippen LogP contribution is -1.69. The number of carbonyl (C=O) groups is 1. The van der Waals surface area contributed by atoms with Gasteiger partial charge in [0.1, 0.15) is 5.78 Å². The van der Waals surface area contributed by atoms with Crippen molar-refractivity contribution in [2.75, 3.05) is 0 Å². The molecular formula is C3H6O. The minimum Gasteiger partial charge on any atom is -0.300 e. The molecule has 0 radical (unpaired) electrons. The summed E-state index contributed by atoms with van der Waals surface area (Å²) >= 11 is 0. The Morgan fingerprint density at radius 1 is 1.50 bits per heavy atom. The Labute approximate surface area is 25.6 Å². The van der Waals surface area contributed by atoms with Gasteiger partial charge in [-0.3, -0.25) is 0 Å². The summed E-state index contributed by atoms with van der Waals surface area (Å²) in [5.74, 6) is 0.167. The largest absolute Gasteiger partial charge is 0.300 e. The molecule has 24 valence electrons. The highest BCUT2D eigenvalue weighted by Crippen LogP contribution is 1.50. The van der Waals surface area contributed by atoms with Crippen LogP contribution in [0.25, 0.3) is 0 Å². The van der Waals surface area contributed by atoms with Gasteiger partial charge in [-0.2, -0.15) is 0 Å². The van der Waals surface area contributed by atoms with Gasteiger partial charge in [0, 0.05) is 0 Å². The molecule has 0 amide bonds. The Bertz CT molecular complexity index is 26.3. The maximum Gasteiger partial charge on any atom is 0.126 e. The van der Waals surface area contributed by atoms with Gasteiger partial charge in [-0.15, -0.1) is 0 Å². The van der Waals surface area contributed by atoms with Gasteiger partial charge < -0.3 is 4.79 Å². The second-order valence-corrected chi connectivity index (χ2v) is 0.908. The zero-order valence-electron chi connectivity index (χ0n) is 2.91. The molecule has 0 aliphatic heterocycles. The molecule has 0 N–H and O–H groups in total. The predicted octanol–water partition coefficient (Wildman–Crippen LogP) is 0.595. The number of hydrogen-bond donors (Lipinski definition) is 0. The minimum atomic E-state index is 0.167. The van der Waals surface area contributed by atoms with Crippen molar-refractivity contribution < 1.29 is 4.79 Å². The summed E-state index contributed by atoms with van der Waals surface area (Å²) in [6.07, 6.45) is 0. The van der Waals surface area contributed by atoms with Crippen LogP contribution in [0.3, 0.4) is 0 Å². The van der Waals surface area contributed by atoms with E-state index in [1.165, 1.54) is 13.8 Å². The van der Waals surface area contributed by atoms with E-state index in [0.717, 1.165) is 0 Å². The van der Waals surface area contributed by atoms with Gasteiger partial charge in [-0.1, -0.05) is 0 Å². The summed E-state index contributed by atoms with van der Waals surface area (Å²) in [6, 6.07) is 0. The number of rotatable bonds is 0. The predicted molar refractivity (Wildman–Crippen MR) is 16.4 cm³/mol. The molecule has 0 aromatic carbocycles. The van der Waals surface area contributed by atoms with Crippen molar-refractivity contribution in [3.05, 3.63) is 0 Å². The molecule has 0 saturated carbocycles. The van der Waals surface area contributed by atoms with Crippen molar-refractivity contribution in [2.45, 2.75) is 13.8 Å². The van der Waals surface area contributed by atoms with Gasteiger partial charge in [0.15, 0.2) is 0 Å². The normalized spacial score (nSPS) is 6.50. The molecular weight excluding hydrogens is 53.0 g/mol. The van der Waals surface area contributed by atoms with Gasteiger partial charge in [-0.25, -0.2) is 0 Å². The Morgan fingerprint density at radius 3 is 1.50 bits per heavy atom. The highest BCUT2D eigenvalue weighted by atomic mass is 17.1. The Morgan fingerprint density at radius 2 is 1.50 bits per heavy atom. The van der Waals surface area contributed by atoms with Crippen molar-refractivity contribution in [2.24, 2.45) is 0 Å². The average molecular weight is 59.1 g/mol. The minimum absolute atomic E-state index is 0.167. The summed E-state index contributed by atoms with van der Waals surface area (Å²) in [6.45, 7) is 3.06. The molecule has 0 atom stereocenters. The Kier molecular flexibility index (Phi) is 0.958. The van der Waals surface area contributed by atoms with E-state index >= 15 is 0 Å². The summed E-state index contributed by atoms with van der Waals surface area (Å²) < 4.78 is 0. The van der Waals surface area contributed by atoms with E-state index in [1.807, 2.05) is 0 Å². The molecule has 0 fully saturated rings.